The normalized spacial score (nSPS) is 16.4. The summed E-state index contributed by atoms with van der Waals surface area (Å²) in [5.41, 5.74) is 2.00. The van der Waals surface area contributed by atoms with E-state index < -0.39 is 0 Å². The summed E-state index contributed by atoms with van der Waals surface area (Å²) in [5.74, 6) is 2.54. The average Bonchev–Trinajstić information content (AvgIpc) is 3.27. The topological polar surface area (TPSA) is 58.5 Å². The molecule has 3 heterocycles. The molecule has 1 aliphatic rings. The third-order valence-corrected chi connectivity index (χ3v) is 4.49. The van der Waals surface area contributed by atoms with Crippen molar-refractivity contribution in [3.8, 4) is 11.3 Å². The molecule has 1 aliphatic heterocycles. The van der Waals surface area contributed by atoms with Gasteiger partial charge in [0.15, 0.2) is 11.5 Å². The van der Waals surface area contributed by atoms with Crippen LogP contribution in [0.25, 0.3) is 11.3 Å². The SMILES string of the molecule is Cc1cc(CN2CCN(Cc3ncc(-c4ccccc4)o3)CC2)on1. The second-order valence-corrected chi connectivity index (χ2v) is 6.47. The third-order valence-electron chi connectivity index (χ3n) is 4.49. The largest absolute Gasteiger partial charge is 0.439 e. The first-order valence-electron chi connectivity index (χ1n) is 8.63. The Bertz CT molecular complexity index is 804. The fraction of sp³-hybridized carbons (Fsp3) is 0.368. The van der Waals surface area contributed by atoms with E-state index in [1.165, 1.54) is 0 Å². The lowest BCUT2D eigenvalue weighted by molar-refractivity contribution is 0.107. The Kier molecular flexibility index (Phi) is 4.63. The molecule has 0 N–H and O–H groups in total. The molecule has 2 aromatic heterocycles. The molecule has 0 amide bonds. The van der Waals surface area contributed by atoms with Gasteiger partial charge < -0.3 is 8.94 Å². The van der Waals surface area contributed by atoms with Crippen LogP contribution in [0.5, 0.6) is 0 Å². The first-order valence-corrected chi connectivity index (χ1v) is 8.63. The smallest absolute Gasteiger partial charge is 0.209 e. The zero-order valence-electron chi connectivity index (χ0n) is 14.4. The Labute approximate surface area is 147 Å². The summed E-state index contributed by atoms with van der Waals surface area (Å²) < 4.78 is 11.2. The predicted molar refractivity (Wildman–Crippen MR) is 93.7 cm³/mol. The van der Waals surface area contributed by atoms with E-state index in [0.29, 0.717) is 0 Å². The predicted octanol–water partition coefficient (Wildman–Crippen LogP) is 2.96. The van der Waals surface area contributed by atoms with E-state index in [1.807, 2.05) is 49.5 Å². The Morgan fingerprint density at radius 1 is 1.00 bits per heavy atom. The lowest BCUT2D eigenvalue weighted by Crippen LogP contribution is -2.45. The molecule has 0 radical (unpaired) electrons. The molecule has 1 saturated heterocycles. The molecule has 0 bridgehead atoms. The molecule has 1 aromatic carbocycles. The van der Waals surface area contributed by atoms with E-state index in [-0.39, 0.29) is 0 Å². The zero-order chi connectivity index (χ0) is 17.1. The standard InChI is InChI=1S/C19H22N4O2/c1-15-11-17(25-21-15)13-22-7-9-23(10-8-22)14-19-20-12-18(24-19)16-5-3-2-4-6-16/h2-6,11-12H,7-10,13-14H2,1H3. The Morgan fingerprint density at radius 3 is 2.40 bits per heavy atom. The van der Waals surface area contributed by atoms with Crippen LogP contribution in [-0.2, 0) is 13.1 Å². The molecule has 0 unspecified atom stereocenters. The van der Waals surface area contributed by atoms with Gasteiger partial charge in [-0.25, -0.2) is 4.98 Å². The van der Waals surface area contributed by atoms with Gasteiger partial charge in [0.25, 0.3) is 0 Å². The van der Waals surface area contributed by atoms with Crippen LogP contribution >= 0.6 is 0 Å². The van der Waals surface area contributed by atoms with E-state index in [9.17, 15) is 0 Å². The minimum Gasteiger partial charge on any atom is -0.439 e. The number of hydrogen-bond donors (Lipinski definition) is 0. The van der Waals surface area contributed by atoms with Crippen LogP contribution in [0, 0.1) is 6.92 Å². The van der Waals surface area contributed by atoms with Gasteiger partial charge in [-0.05, 0) is 6.92 Å². The van der Waals surface area contributed by atoms with E-state index >= 15 is 0 Å². The molecule has 4 rings (SSSR count). The lowest BCUT2D eigenvalue weighted by Gasteiger charge is -2.33. The van der Waals surface area contributed by atoms with Gasteiger partial charge in [0, 0.05) is 37.8 Å². The number of rotatable bonds is 5. The van der Waals surface area contributed by atoms with Gasteiger partial charge in [-0.15, -0.1) is 0 Å². The fourth-order valence-electron chi connectivity index (χ4n) is 3.13. The van der Waals surface area contributed by atoms with Gasteiger partial charge in [0.05, 0.1) is 25.0 Å². The first kappa shape index (κ1) is 16.1. The molecule has 6 nitrogen and oxygen atoms in total. The molecule has 3 aromatic rings. The van der Waals surface area contributed by atoms with Gasteiger partial charge in [0.1, 0.15) is 0 Å². The Hall–Kier alpha value is -2.44. The van der Waals surface area contributed by atoms with Crippen molar-refractivity contribution in [3.63, 3.8) is 0 Å². The van der Waals surface area contributed by atoms with E-state index in [2.05, 4.69) is 19.9 Å². The second kappa shape index (κ2) is 7.21. The van der Waals surface area contributed by atoms with Crippen LogP contribution in [0.15, 0.2) is 51.5 Å². The quantitative estimate of drug-likeness (QED) is 0.713. The molecule has 25 heavy (non-hydrogen) atoms. The summed E-state index contributed by atoms with van der Waals surface area (Å²) in [6, 6.07) is 12.1. The Morgan fingerprint density at radius 2 is 1.72 bits per heavy atom. The van der Waals surface area contributed by atoms with E-state index in [1.54, 1.807) is 0 Å². The monoisotopic (exact) mass is 338 g/mol. The summed E-state index contributed by atoms with van der Waals surface area (Å²) in [6.45, 7) is 7.53. The van der Waals surface area contributed by atoms with Crippen molar-refractivity contribution >= 4 is 0 Å². The minimum absolute atomic E-state index is 0.752. The molecule has 0 aliphatic carbocycles. The van der Waals surface area contributed by atoms with Crippen molar-refractivity contribution in [1.82, 2.24) is 19.9 Å². The van der Waals surface area contributed by atoms with Crippen LogP contribution in [0.4, 0.5) is 0 Å². The van der Waals surface area contributed by atoms with Crippen molar-refractivity contribution in [2.45, 2.75) is 20.0 Å². The van der Waals surface area contributed by atoms with Crippen LogP contribution in [0.1, 0.15) is 17.3 Å². The van der Waals surface area contributed by atoms with Crippen LogP contribution < -0.4 is 0 Å². The zero-order valence-corrected chi connectivity index (χ0v) is 14.4. The molecule has 1 fully saturated rings. The summed E-state index contributed by atoms with van der Waals surface area (Å²) in [4.78, 5) is 9.20. The molecule has 0 atom stereocenters. The maximum Gasteiger partial charge on any atom is 0.209 e. The fourth-order valence-corrected chi connectivity index (χ4v) is 3.13. The first-order chi connectivity index (χ1) is 12.3. The van der Waals surface area contributed by atoms with Crippen molar-refractivity contribution in [3.05, 3.63) is 59.9 Å². The molecular formula is C19H22N4O2. The highest BCUT2D eigenvalue weighted by atomic mass is 16.5. The van der Waals surface area contributed by atoms with E-state index in [0.717, 1.165) is 67.9 Å². The summed E-state index contributed by atoms with van der Waals surface area (Å²) in [6.07, 6.45) is 1.81. The van der Waals surface area contributed by atoms with Gasteiger partial charge in [-0.2, -0.15) is 0 Å². The number of piperazine rings is 1. The average molecular weight is 338 g/mol. The highest BCUT2D eigenvalue weighted by Crippen LogP contribution is 2.20. The second-order valence-electron chi connectivity index (χ2n) is 6.47. The number of hydrogen-bond acceptors (Lipinski definition) is 6. The van der Waals surface area contributed by atoms with Gasteiger partial charge in [-0.1, -0.05) is 35.5 Å². The third kappa shape index (κ3) is 3.97. The van der Waals surface area contributed by atoms with Crippen LogP contribution in [0.3, 0.4) is 0 Å². The number of oxazole rings is 1. The van der Waals surface area contributed by atoms with Gasteiger partial charge in [0.2, 0.25) is 5.89 Å². The van der Waals surface area contributed by atoms with Crippen molar-refractivity contribution in [2.75, 3.05) is 26.2 Å². The van der Waals surface area contributed by atoms with Crippen molar-refractivity contribution < 1.29 is 8.94 Å². The summed E-state index contributed by atoms with van der Waals surface area (Å²) in [5, 5.41) is 3.95. The number of aromatic nitrogens is 2. The lowest BCUT2D eigenvalue weighted by atomic mass is 10.2. The summed E-state index contributed by atoms with van der Waals surface area (Å²) >= 11 is 0. The van der Waals surface area contributed by atoms with Crippen molar-refractivity contribution in [1.29, 1.82) is 0 Å². The van der Waals surface area contributed by atoms with Gasteiger partial charge in [-0.3, -0.25) is 9.80 Å². The molecule has 130 valence electrons. The molecule has 6 heteroatoms. The van der Waals surface area contributed by atoms with E-state index in [4.69, 9.17) is 8.94 Å². The van der Waals surface area contributed by atoms with Crippen LogP contribution in [-0.4, -0.2) is 46.1 Å². The number of nitrogens with zero attached hydrogens (tertiary/aromatic N) is 4. The maximum absolute atomic E-state index is 5.91. The maximum atomic E-state index is 5.91. The summed E-state index contributed by atoms with van der Waals surface area (Å²) in [7, 11) is 0. The highest BCUT2D eigenvalue weighted by Gasteiger charge is 2.20. The minimum atomic E-state index is 0.752. The molecule has 0 spiro atoms. The molecule has 0 saturated carbocycles. The van der Waals surface area contributed by atoms with Gasteiger partial charge >= 0.3 is 0 Å². The Balaban J connectivity index is 1.29. The number of aryl methyl sites for hydroxylation is 1. The van der Waals surface area contributed by atoms with Crippen molar-refractivity contribution in [2.24, 2.45) is 0 Å². The molecular weight excluding hydrogens is 316 g/mol. The van der Waals surface area contributed by atoms with Crippen LogP contribution in [0.2, 0.25) is 0 Å². The number of benzene rings is 1. The highest BCUT2D eigenvalue weighted by molar-refractivity contribution is 5.55.